The van der Waals surface area contributed by atoms with Crippen LogP contribution >= 0.6 is 0 Å². The van der Waals surface area contributed by atoms with Crippen LogP contribution in [0.1, 0.15) is 30.4 Å². The maximum absolute atomic E-state index is 12.8. The smallest absolute Gasteiger partial charge is 0.251 e. The number of carbonyl (C=O) groups excluding carboxylic acids is 2. The molecule has 1 aliphatic carbocycles. The van der Waals surface area contributed by atoms with E-state index in [0.29, 0.717) is 12.2 Å². The molecule has 5 rings (SSSR count). The van der Waals surface area contributed by atoms with Gasteiger partial charge in [-0.05, 0) is 55.5 Å². The maximum Gasteiger partial charge on any atom is 0.251 e. The molecule has 3 aromatic rings. The van der Waals surface area contributed by atoms with Crippen molar-refractivity contribution >= 4 is 34.1 Å². The standard InChI is InChI=1S/C24H23N3O3/c28-22-12-15(14-27(22)17-6-2-1-3-7-17)23(29)25-16-10-11-19-18-8-4-5-9-20(18)24(30)26-21(19)13-16/h1-3,6-7,10-11,13,15H,4-5,8-9,12,14H2,(H,25,29)(H,26,30). The number of pyridine rings is 1. The number of nitrogens with one attached hydrogen (secondary N) is 2. The monoisotopic (exact) mass is 401 g/mol. The summed E-state index contributed by atoms with van der Waals surface area (Å²) in [5.74, 6) is -0.631. The number of amides is 2. The predicted octanol–water partition coefficient (Wildman–Crippen LogP) is 3.40. The molecule has 6 heteroatoms. The number of hydrogen-bond donors (Lipinski definition) is 2. The molecule has 1 atom stereocenters. The molecule has 1 saturated heterocycles. The number of carbonyl (C=O) groups is 2. The number of nitrogens with zero attached hydrogens (tertiary/aromatic N) is 1. The number of benzene rings is 2. The fraction of sp³-hybridized carbons (Fsp3) is 0.292. The molecular weight excluding hydrogens is 378 g/mol. The van der Waals surface area contributed by atoms with Gasteiger partial charge in [-0.3, -0.25) is 14.4 Å². The average Bonchev–Trinajstić information content (AvgIpc) is 3.16. The van der Waals surface area contributed by atoms with Crippen molar-refractivity contribution in [2.45, 2.75) is 32.1 Å². The zero-order valence-electron chi connectivity index (χ0n) is 16.6. The second kappa shape index (κ2) is 7.44. The Morgan fingerprint density at radius 1 is 1.00 bits per heavy atom. The van der Waals surface area contributed by atoms with Gasteiger partial charge in [-0.25, -0.2) is 0 Å². The number of aromatic amines is 1. The van der Waals surface area contributed by atoms with Gasteiger partial charge < -0.3 is 15.2 Å². The zero-order chi connectivity index (χ0) is 20.7. The second-order valence-corrected chi connectivity index (χ2v) is 8.11. The fourth-order valence-corrected chi connectivity index (χ4v) is 4.62. The molecule has 1 unspecified atom stereocenters. The van der Waals surface area contributed by atoms with Gasteiger partial charge in [0.15, 0.2) is 0 Å². The zero-order valence-corrected chi connectivity index (χ0v) is 16.6. The minimum atomic E-state index is -0.406. The molecule has 0 bridgehead atoms. The number of rotatable bonds is 3. The van der Waals surface area contributed by atoms with Crippen LogP contribution in [0.3, 0.4) is 0 Å². The van der Waals surface area contributed by atoms with E-state index in [0.717, 1.165) is 53.4 Å². The Labute approximate surface area is 173 Å². The third kappa shape index (κ3) is 3.28. The average molecular weight is 401 g/mol. The van der Waals surface area contributed by atoms with E-state index in [1.165, 1.54) is 0 Å². The Morgan fingerprint density at radius 3 is 2.57 bits per heavy atom. The van der Waals surface area contributed by atoms with Crippen LogP contribution in [0.2, 0.25) is 0 Å². The third-order valence-electron chi connectivity index (χ3n) is 6.17. The van der Waals surface area contributed by atoms with Crippen LogP contribution in [0.5, 0.6) is 0 Å². The van der Waals surface area contributed by atoms with Crippen molar-refractivity contribution < 1.29 is 9.59 Å². The van der Waals surface area contributed by atoms with Crippen LogP contribution in [0, 0.1) is 5.92 Å². The number of anilines is 2. The Bertz CT molecular complexity index is 1200. The molecule has 1 aromatic heterocycles. The molecule has 0 spiro atoms. The summed E-state index contributed by atoms with van der Waals surface area (Å²) in [6, 6.07) is 15.1. The molecule has 2 aliphatic rings. The number of H-pyrrole nitrogens is 1. The highest BCUT2D eigenvalue weighted by Gasteiger charge is 2.35. The van der Waals surface area contributed by atoms with Crippen molar-refractivity contribution in [1.82, 2.24) is 4.98 Å². The van der Waals surface area contributed by atoms with Crippen LogP contribution in [0.4, 0.5) is 11.4 Å². The van der Waals surface area contributed by atoms with Crippen LogP contribution < -0.4 is 15.8 Å². The van der Waals surface area contributed by atoms with Crippen LogP contribution in [-0.2, 0) is 22.4 Å². The molecule has 1 fully saturated rings. The van der Waals surface area contributed by atoms with Crippen LogP contribution in [-0.4, -0.2) is 23.3 Å². The van der Waals surface area contributed by atoms with Crippen molar-refractivity contribution in [3.05, 3.63) is 70.0 Å². The molecule has 1 aliphatic heterocycles. The van der Waals surface area contributed by atoms with Gasteiger partial charge in [0.2, 0.25) is 11.8 Å². The molecule has 2 aromatic carbocycles. The summed E-state index contributed by atoms with van der Waals surface area (Å²) in [5.41, 5.74) is 4.19. The van der Waals surface area contributed by atoms with Gasteiger partial charge in [0.25, 0.3) is 5.56 Å². The SMILES string of the molecule is O=C(Nc1ccc2c3c(c(=O)[nH]c2c1)CCCC3)C1CC(=O)N(c2ccccc2)C1. The van der Waals surface area contributed by atoms with E-state index >= 15 is 0 Å². The molecule has 0 saturated carbocycles. The minimum Gasteiger partial charge on any atom is -0.326 e. The largest absolute Gasteiger partial charge is 0.326 e. The summed E-state index contributed by atoms with van der Waals surface area (Å²) in [5, 5.41) is 3.98. The topological polar surface area (TPSA) is 82.3 Å². The maximum atomic E-state index is 12.8. The van der Waals surface area contributed by atoms with E-state index in [-0.39, 0.29) is 23.8 Å². The lowest BCUT2D eigenvalue weighted by atomic mass is 9.90. The van der Waals surface area contributed by atoms with Crippen molar-refractivity contribution in [2.24, 2.45) is 5.92 Å². The summed E-state index contributed by atoms with van der Waals surface area (Å²) in [4.78, 5) is 42.3. The lowest BCUT2D eigenvalue weighted by molar-refractivity contribution is -0.122. The number of hydrogen-bond acceptors (Lipinski definition) is 3. The van der Waals surface area contributed by atoms with E-state index in [2.05, 4.69) is 10.3 Å². The lowest BCUT2D eigenvalue weighted by Crippen LogP contribution is -2.28. The normalized spacial score (nSPS) is 18.5. The number of para-hydroxylation sites is 1. The second-order valence-electron chi connectivity index (χ2n) is 8.11. The van der Waals surface area contributed by atoms with Gasteiger partial charge in [-0.2, -0.15) is 0 Å². The van der Waals surface area contributed by atoms with E-state index < -0.39 is 5.92 Å². The van der Waals surface area contributed by atoms with Crippen molar-refractivity contribution in [3.8, 4) is 0 Å². The first-order chi connectivity index (χ1) is 14.6. The van der Waals surface area contributed by atoms with E-state index in [4.69, 9.17) is 0 Å². The Kier molecular flexibility index (Phi) is 4.62. The van der Waals surface area contributed by atoms with Gasteiger partial charge in [-0.1, -0.05) is 24.3 Å². The van der Waals surface area contributed by atoms with Gasteiger partial charge in [0.05, 0.1) is 11.4 Å². The Morgan fingerprint density at radius 2 is 1.77 bits per heavy atom. The first-order valence-corrected chi connectivity index (χ1v) is 10.4. The van der Waals surface area contributed by atoms with Crippen molar-refractivity contribution in [1.29, 1.82) is 0 Å². The highest BCUT2D eigenvalue weighted by molar-refractivity contribution is 6.04. The van der Waals surface area contributed by atoms with E-state index in [9.17, 15) is 14.4 Å². The predicted molar refractivity (Wildman–Crippen MR) is 117 cm³/mol. The van der Waals surface area contributed by atoms with Crippen LogP contribution in [0.15, 0.2) is 53.3 Å². The molecule has 152 valence electrons. The summed E-state index contributed by atoms with van der Waals surface area (Å²) >= 11 is 0. The third-order valence-corrected chi connectivity index (χ3v) is 6.17. The Balaban J connectivity index is 1.36. The first-order valence-electron chi connectivity index (χ1n) is 10.4. The van der Waals surface area contributed by atoms with Gasteiger partial charge in [-0.15, -0.1) is 0 Å². The van der Waals surface area contributed by atoms with Crippen molar-refractivity contribution in [3.63, 3.8) is 0 Å². The summed E-state index contributed by atoms with van der Waals surface area (Å²) in [6.45, 7) is 0.368. The van der Waals surface area contributed by atoms with Crippen LogP contribution in [0.25, 0.3) is 10.9 Å². The Hall–Kier alpha value is -3.41. The van der Waals surface area contributed by atoms with Gasteiger partial charge in [0.1, 0.15) is 0 Å². The summed E-state index contributed by atoms with van der Waals surface area (Å²) in [7, 11) is 0. The molecule has 2 amide bonds. The molecular formula is C24H23N3O3. The van der Waals surface area contributed by atoms with Crippen molar-refractivity contribution in [2.75, 3.05) is 16.8 Å². The molecule has 30 heavy (non-hydrogen) atoms. The number of aromatic nitrogens is 1. The van der Waals surface area contributed by atoms with E-state index in [1.54, 1.807) is 4.90 Å². The van der Waals surface area contributed by atoms with Gasteiger partial charge in [0, 0.05) is 35.3 Å². The summed E-state index contributed by atoms with van der Waals surface area (Å²) in [6.07, 6.45) is 4.08. The highest BCUT2D eigenvalue weighted by Crippen LogP contribution is 2.29. The number of aryl methyl sites for hydroxylation is 1. The molecule has 2 N–H and O–H groups in total. The quantitative estimate of drug-likeness (QED) is 0.706. The molecule has 6 nitrogen and oxygen atoms in total. The number of fused-ring (bicyclic) bond motifs is 3. The van der Waals surface area contributed by atoms with E-state index in [1.807, 2.05) is 48.5 Å². The highest BCUT2D eigenvalue weighted by atomic mass is 16.2. The minimum absolute atomic E-state index is 0.0273. The summed E-state index contributed by atoms with van der Waals surface area (Å²) < 4.78 is 0. The van der Waals surface area contributed by atoms with Gasteiger partial charge >= 0.3 is 0 Å². The molecule has 2 heterocycles. The lowest BCUT2D eigenvalue weighted by Gasteiger charge is -2.18. The first kappa shape index (κ1) is 18.6. The molecule has 0 radical (unpaired) electrons. The fourth-order valence-electron chi connectivity index (χ4n) is 4.62.